The Kier molecular flexibility index (Phi) is 7.47. The van der Waals surface area contributed by atoms with Gasteiger partial charge in [0.1, 0.15) is 19.0 Å². The first-order valence-electron chi connectivity index (χ1n) is 10.6. The summed E-state index contributed by atoms with van der Waals surface area (Å²) < 4.78 is 24.5. The van der Waals surface area contributed by atoms with Gasteiger partial charge in [-0.25, -0.2) is 4.39 Å². The number of halogens is 1. The third-order valence-electron chi connectivity index (χ3n) is 5.05. The number of rotatable bonds is 8. The number of hydrogen-bond donors (Lipinski definition) is 1. The van der Waals surface area contributed by atoms with E-state index >= 15 is 0 Å². The lowest BCUT2D eigenvalue weighted by Gasteiger charge is -2.14. The Balaban J connectivity index is 1.51. The molecule has 7 nitrogen and oxygen atoms in total. The largest absolute Gasteiger partial charge is 0.493 e. The van der Waals surface area contributed by atoms with E-state index in [9.17, 15) is 18.8 Å². The lowest BCUT2D eigenvalue weighted by Crippen LogP contribution is -2.36. The van der Waals surface area contributed by atoms with Gasteiger partial charge in [-0.15, -0.1) is 0 Å². The van der Waals surface area contributed by atoms with Crippen molar-refractivity contribution in [2.45, 2.75) is 6.61 Å². The van der Waals surface area contributed by atoms with Crippen LogP contribution in [0.25, 0.3) is 6.08 Å². The zero-order chi connectivity index (χ0) is 24.8. The normalized spacial score (nSPS) is 14.3. The number of carbonyl (C=O) groups is 3. The van der Waals surface area contributed by atoms with Gasteiger partial charge in [-0.3, -0.25) is 19.3 Å². The number of ether oxygens (including phenoxy) is 2. The molecule has 3 aromatic rings. The first kappa shape index (κ1) is 24.0. The second-order valence-electron chi connectivity index (χ2n) is 7.48. The molecule has 0 aromatic heterocycles. The molecule has 178 valence electrons. The maximum Gasteiger partial charge on any atom is 0.294 e. The van der Waals surface area contributed by atoms with Gasteiger partial charge in [-0.2, -0.15) is 0 Å². The SMILES string of the molecule is COc1cccc(/C=C2\SC(=O)N(CC(=O)Nc3ccccc3)C2=O)c1OCc1ccc(F)cc1. The molecule has 35 heavy (non-hydrogen) atoms. The number of nitrogens with zero attached hydrogens (tertiary/aromatic N) is 1. The Labute approximate surface area is 205 Å². The van der Waals surface area contributed by atoms with Crippen molar-refractivity contribution < 1.29 is 28.2 Å². The van der Waals surface area contributed by atoms with Gasteiger partial charge in [0, 0.05) is 11.3 Å². The summed E-state index contributed by atoms with van der Waals surface area (Å²) in [5.41, 5.74) is 1.83. The van der Waals surface area contributed by atoms with Crippen molar-refractivity contribution in [1.82, 2.24) is 4.90 Å². The van der Waals surface area contributed by atoms with E-state index in [4.69, 9.17) is 9.47 Å². The minimum Gasteiger partial charge on any atom is -0.493 e. The number of thioether (sulfide) groups is 1. The van der Waals surface area contributed by atoms with Crippen LogP contribution in [0.5, 0.6) is 11.5 Å². The molecule has 0 spiro atoms. The number of carbonyl (C=O) groups excluding carboxylic acids is 3. The standard InChI is InChI=1S/C26H21FN2O5S/c1-33-21-9-5-6-18(24(21)34-16-17-10-12-19(27)13-11-17)14-22-25(31)29(26(32)35-22)15-23(30)28-20-7-3-2-4-8-20/h2-14H,15-16H2,1H3,(H,28,30)/b22-14-. The van der Waals surface area contributed by atoms with E-state index in [1.54, 1.807) is 54.6 Å². The van der Waals surface area contributed by atoms with Gasteiger partial charge in [0.05, 0.1) is 12.0 Å². The topological polar surface area (TPSA) is 84.9 Å². The Morgan fingerprint density at radius 2 is 1.77 bits per heavy atom. The predicted octanol–water partition coefficient (Wildman–Crippen LogP) is 5.09. The monoisotopic (exact) mass is 492 g/mol. The quantitative estimate of drug-likeness (QED) is 0.441. The predicted molar refractivity (Wildman–Crippen MR) is 131 cm³/mol. The van der Waals surface area contributed by atoms with Gasteiger partial charge < -0.3 is 14.8 Å². The lowest BCUT2D eigenvalue weighted by atomic mass is 10.1. The highest BCUT2D eigenvalue weighted by molar-refractivity contribution is 8.18. The Hall–Kier alpha value is -4.11. The highest BCUT2D eigenvalue weighted by Gasteiger charge is 2.36. The van der Waals surface area contributed by atoms with Gasteiger partial charge in [0.25, 0.3) is 11.1 Å². The van der Waals surface area contributed by atoms with E-state index in [0.717, 1.165) is 22.2 Å². The summed E-state index contributed by atoms with van der Waals surface area (Å²) in [5.74, 6) is -0.602. The molecule has 1 heterocycles. The molecular weight excluding hydrogens is 471 g/mol. The number of amides is 3. The molecular formula is C26H21FN2O5S. The van der Waals surface area contributed by atoms with Crippen LogP contribution in [-0.4, -0.2) is 35.6 Å². The van der Waals surface area contributed by atoms with E-state index in [0.29, 0.717) is 22.7 Å². The first-order valence-corrected chi connectivity index (χ1v) is 11.4. The van der Waals surface area contributed by atoms with Gasteiger partial charge in [-0.1, -0.05) is 42.5 Å². The number of nitrogens with one attached hydrogen (secondary N) is 1. The summed E-state index contributed by atoms with van der Waals surface area (Å²) in [6.45, 7) is -0.258. The van der Waals surface area contributed by atoms with Crippen molar-refractivity contribution in [3.63, 3.8) is 0 Å². The molecule has 0 atom stereocenters. The van der Waals surface area contributed by atoms with Crippen LogP contribution in [0.4, 0.5) is 14.9 Å². The smallest absolute Gasteiger partial charge is 0.294 e. The van der Waals surface area contributed by atoms with Crippen LogP contribution in [-0.2, 0) is 16.2 Å². The molecule has 1 aliphatic heterocycles. The van der Waals surface area contributed by atoms with Gasteiger partial charge in [0.2, 0.25) is 5.91 Å². The third kappa shape index (κ3) is 5.88. The fourth-order valence-corrected chi connectivity index (χ4v) is 4.17. The van der Waals surface area contributed by atoms with E-state index < -0.39 is 23.6 Å². The van der Waals surface area contributed by atoms with E-state index in [2.05, 4.69) is 5.32 Å². The first-order chi connectivity index (χ1) is 16.9. The molecule has 1 N–H and O–H groups in total. The fraction of sp³-hybridized carbons (Fsp3) is 0.115. The Morgan fingerprint density at radius 3 is 2.49 bits per heavy atom. The van der Waals surface area contributed by atoms with Crippen LogP contribution in [0, 0.1) is 5.82 Å². The van der Waals surface area contributed by atoms with E-state index in [1.807, 2.05) is 6.07 Å². The third-order valence-corrected chi connectivity index (χ3v) is 5.95. The number of hydrogen-bond acceptors (Lipinski definition) is 6. The number of imide groups is 1. The average molecular weight is 493 g/mol. The lowest BCUT2D eigenvalue weighted by molar-refractivity contribution is -0.127. The molecule has 4 rings (SSSR count). The van der Waals surface area contributed by atoms with Crippen molar-refractivity contribution in [2.75, 3.05) is 19.0 Å². The highest BCUT2D eigenvalue weighted by Crippen LogP contribution is 2.37. The van der Waals surface area contributed by atoms with Gasteiger partial charge >= 0.3 is 0 Å². The van der Waals surface area contributed by atoms with Crippen molar-refractivity contribution in [1.29, 1.82) is 0 Å². The number of benzene rings is 3. The summed E-state index contributed by atoms with van der Waals surface area (Å²) in [5, 5.41) is 2.12. The van der Waals surface area contributed by atoms with Crippen LogP contribution in [0.3, 0.4) is 0 Å². The second-order valence-corrected chi connectivity index (χ2v) is 8.47. The molecule has 1 saturated heterocycles. The fourth-order valence-electron chi connectivity index (χ4n) is 3.34. The van der Waals surface area contributed by atoms with E-state index in [1.165, 1.54) is 25.3 Å². The van der Waals surface area contributed by atoms with Crippen LogP contribution in [0.2, 0.25) is 0 Å². The highest BCUT2D eigenvalue weighted by atomic mass is 32.2. The van der Waals surface area contributed by atoms with Crippen LogP contribution in [0.1, 0.15) is 11.1 Å². The molecule has 0 aliphatic carbocycles. The Morgan fingerprint density at radius 1 is 1.03 bits per heavy atom. The zero-order valence-corrected chi connectivity index (χ0v) is 19.5. The van der Waals surface area contributed by atoms with Crippen molar-refractivity contribution in [2.24, 2.45) is 0 Å². The zero-order valence-electron chi connectivity index (χ0n) is 18.7. The number of anilines is 1. The summed E-state index contributed by atoms with van der Waals surface area (Å²) >= 11 is 0.744. The van der Waals surface area contributed by atoms with Crippen LogP contribution < -0.4 is 14.8 Å². The average Bonchev–Trinajstić information content (AvgIpc) is 3.12. The number of methoxy groups -OCH3 is 1. The van der Waals surface area contributed by atoms with Crippen molar-refractivity contribution in [3.05, 3.63) is 94.6 Å². The van der Waals surface area contributed by atoms with E-state index in [-0.39, 0.29) is 17.3 Å². The second kappa shape index (κ2) is 10.9. The summed E-state index contributed by atoms with van der Waals surface area (Å²) in [4.78, 5) is 38.8. The molecule has 1 fully saturated rings. The minimum atomic E-state index is -0.574. The van der Waals surface area contributed by atoms with Gasteiger partial charge in [-0.05, 0) is 53.7 Å². The molecule has 0 bridgehead atoms. The van der Waals surface area contributed by atoms with Crippen LogP contribution >= 0.6 is 11.8 Å². The molecule has 0 unspecified atom stereocenters. The molecule has 0 saturated carbocycles. The molecule has 1 aliphatic rings. The molecule has 3 amide bonds. The molecule has 0 radical (unpaired) electrons. The minimum absolute atomic E-state index is 0.141. The maximum absolute atomic E-state index is 13.2. The summed E-state index contributed by atoms with van der Waals surface area (Å²) in [7, 11) is 1.49. The number of para-hydroxylation sites is 2. The summed E-state index contributed by atoms with van der Waals surface area (Å²) in [6.07, 6.45) is 1.53. The van der Waals surface area contributed by atoms with Gasteiger partial charge in [0.15, 0.2) is 11.5 Å². The van der Waals surface area contributed by atoms with Crippen LogP contribution in [0.15, 0.2) is 77.7 Å². The maximum atomic E-state index is 13.2. The summed E-state index contributed by atoms with van der Waals surface area (Å²) in [6, 6.07) is 19.8. The molecule has 9 heteroatoms. The van der Waals surface area contributed by atoms with Crippen molar-refractivity contribution >= 4 is 40.6 Å². The Bertz CT molecular complexity index is 1280. The molecule has 3 aromatic carbocycles. The van der Waals surface area contributed by atoms with Crippen molar-refractivity contribution in [3.8, 4) is 11.5 Å².